The van der Waals surface area contributed by atoms with Crippen molar-refractivity contribution in [2.45, 2.75) is 50.7 Å². The molecule has 3 atom stereocenters. The number of rotatable bonds is 2. The minimum absolute atomic E-state index is 0.00290. The van der Waals surface area contributed by atoms with Gasteiger partial charge in [0.2, 0.25) is 5.91 Å². The molecular weight excluding hydrogens is 309 g/mol. The molecule has 0 bridgehead atoms. The number of carbonyl (C=O) groups is 1. The van der Waals surface area contributed by atoms with Gasteiger partial charge >= 0.3 is 6.18 Å². The first-order valence-electron chi connectivity index (χ1n) is 8.16. The number of halogens is 3. The van der Waals surface area contributed by atoms with Crippen LogP contribution < -0.4 is 0 Å². The Hall–Kier alpha value is -1.60. The third kappa shape index (κ3) is 3.50. The monoisotopic (exact) mass is 330 g/mol. The fraction of sp³-hybridized carbons (Fsp3) is 0.800. The van der Waals surface area contributed by atoms with Crippen LogP contribution in [-0.4, -0.2) is 44.8 Å². The highest BCUT2D eigenvalue weighted by atomic mass is 19.4. The Morgan fingerprint density at radius 2 is 1.91 bits per heavy atom. The van der Waals surface area contributed by atoms with Crippen LogP contribution in [0.2, 0.25) is 0 Å². The van der Waals surface area contributed by atoms with Crippen molar-refractivity contribution in [2.24, 2.45) is 11.8 Å². The van der Waals surface area contributed by atoms with Crippen molar-refractivity contribution in [3.05, 3.63) is 12.7 Å². The minimum atomic E-state index is -4.29. The molecule has 8 heteroatoms. The number of aromatic nitrogens is 3. The lowest BCUT2D eigenvalue weighted by Crippen LogP contribution is -2.48. The molecule has 0 unspecified atom stereocenters. The molecule has 2 fully saturated rings. The van der Waals surface area contributed by atoms with Crippen molar-refractivity contribution < 1.29 is 18.0 Å². The van der Waals surface area contributed by atoms with Gasteiger partial charge < -0.3 is 4.90 Å². The molecule has 2 aliphatic rings. The van der Waals surface area contributed by atoms with Crippen LogP contribution in [0.5, 0.6) is 0 Å². The predicted octanol–water partition coefficient (Wildman–Crippen LogP) is 2.81. The Kier molecular flexibility index (Phi) is 4.59. The normalized spacial score (nSPS) is 29.5. The Labute approximate surface area is 132 Å². The van der Waals surface area contributed by atoms with E-state index in [1.807, 2.05) is 0 Å². The van der Waals surface area contributed by atoms with E-state index in [9.17, 15) is 18.0 Å². The van der Waals surface area contributed by atoms with Crippen LogP contribution in [0.4, 0.5) is 13.2 Å². The van der Waals surface area contributed by atoms with E-state index < -0.39 is 18.0 Å². The topological polar surface area (TPSA) is 51.0 Å². The van der Waals surface area contributed by atoms with Gasteiger partial charge in [0.25, 0.3) is 0 Å². The zero-order chi connectivity index (χ0) is 16.4. The highest BCUT2D eigenvalue weighted by molar-refractivity contribution is 5.79. The largest absolute Gasteiger partial charge is 0.392 e. The van der Waals surface area contributed by atoms with Crippen LogP contribution in [0.3, 0.4) is 0 Å². The SMILES string of the molecule is O=C([C@@H]1CCCC[C@H]1C(F)(F)F)N1CCC[C@@H](n2cncn2)C1. The molecule has 1 saturated carbocycles. The number of piperidine rings is 1. The van der Waals surface area contributed by atoms with Gasteiger partial charge in [-0.3, -0.25) is 4.79 Å². The van der Waals surface area contributed by atoms with E-state index in [0.29, 0.717) is 32.4 Å². The molecule has 0 aromatic carbocycles. The Morgan fingerprint density at radius 1 is 1.13 bits per heavy atom. The number of amides is 1. The fourth-order valence-electron chi connectivity index (χ4n) is 3.83. The molecule has 3 rings (SSSR count). The summed E-state index contributed by atoms with van der Waals surface area (Å²) in [7, 11) is 0. The molecule has 5 nitrogen and oxygen atoms in total. The summed E-state index contributed by atoms with van der Waals surface area (Å²) in [6.07, 6.45) is 2.04. The van der Waals surface area contributed by atoms with Gasteiger partial charge in [0.05, 0.1) is 12.0 Å². The number of likely N-dealkylation sites (tertiary alicyclic amines) is 1. The first-order chi connectivity index (χ1) is 11.0. The summed E-state index contributed by atoms with van der Waals surface area (Å²) in [5.74, 6) is -2.74. The van der Waals surface area contributed by atoms with E-state index in [4.69, 9.17) is 0 Å². The van der Waals surface area contributed by atoms with Crippen LogP contribution in [0, 0.1) is 11.8 Å². The predicted molar refractivity (Wildman–Crippen MR) is 76.4 cm³/mol. The molecule has 0 spiro atoms. The van der Waals surface area contributed by atoms with Gasteiger partial charge in [-0.25, -0.2) is 9.67 Å². The lowest BCUT2D eigenvalue weighted by molar-refractivity contribution is -0.201. The average Bonchev–Trinajstić information content (AvgIpc) is 3.08. The van der Waals surface area contributed by atoms with Crippen LogP contribution >= 0.6 is 0 Å². The first kappa shape index (κ1) is 16.3. The summed E-state index contributed by atoms with van der Waals surface area (Å²) in [6.45, 7) is 0.953. The van der Waals surface area contributed by atoms with E-state index in [1.54, 1.807) is 15.9 Å². The van der Waals surface area contributed by atoms with Crippen LogP contribution in [0.15, 0.2) is 12.7 Å². The number of hydrogen-bond acceptors (Lipinski definition) is 3. The smallest absolute Gasteiger partial charge is 0.340 e. The number of carbonyl (C=O) groups excluding carboxylic acids is 1. The summed E-state index contributed by atoms with van der Waals surface area (Å²) in [4.78, 5) is 18.2. The van der Waals surface area contributed by atoms with E-state index >= 15 is 0 Å². The Balaban J connectivity index is 1.71. The molecule has 2 heterocycles. The molecule has 23 heavy (non-hydrogen) atoms. The average molecular weight is 330 g/mol. The second-order valence-corrected chi connectivity index (χ2v) is 6.49. The Bertz CT molecular complexity index is 531. The molecule has 1 aromatic heterocycles. The third-order valence-electron chi connectivity index (χ3n) is 5.02. The van der Waals surface area contributed by atoms with E-state index in [1.165, 1.54) is 6.33 Å². The van der Waals surface area contributed by atoms with E-state index in [0.717, 1.165) is 12.8 Å². The van der Waals surface area contributed by atoms with Gasteiger partial charge in [-0.2, -0.15) is 18.3 Å². The molecule has 1 aliphatic carbocycles. The Morgan fingerprint density at radius 3 is 2.61 bits per heavy atom. The third-order valence-corrected chi connectivity index (χ3v) is 5.02. The minimum Gasteiger partial charge on any atom is -0.340 e. The maximum absolute atomic E-state index is 13.2. The van der Waals surface area contributed by atoms with Gasteiger partial charge in [0, 0.05) is 19.0 Å². The number of hydrogen-bond donors (Lipinski definition) is 0. The van der Waals surface area contributed by atoms with Crippen molar-refractivity contribution in [2.75, 3.05) is 13.1 Å². The lowest BCUT2D eigenvalue weighted by Gasteiger charge is -2.39. The lowest BCUT2D eigenvalue weighted by atomic mass is 9.77. The van der Waals surface area contributed by atoms with Crippen molar-refractivity contribution in [3.63, 3.8) is 0 Å². The summed E-state index contributed by atoms with van der Waals surface area (Å²) in [5, 5.41) is 4.09. The molecule has 1 aromatic rings. The summed E-state index contributed by atoms with van der Waals surface area (Å²) >= 11 is 0. The van der Waals surface area contributed by atoms with Crippen molar-refractivity contribution in [3.8, 4) is 0 Å². The van der Waals surface area contributed by atoms with Crippen molar-refractivity contribution in [1.29, 1.82) is 0 Å². The van der Waals surface area contributed by atoms with Gasteiger partial charge in [-0.15, -0.1) is 0 Å². The van der Waals surface area contributed by atoms with E-state index in [-0.39, 0.29) is 18.4 Å². The fourth-order valence-corrected chi connectivity index (χ4v) is 3.83. The number of alkyl halides is 3. The second-order valence-electron chi connectivity index (χ2n) is 6.49. The molecule has 1 saturated heterocycles. The zero-order valence-corrected chi connectivity index (χ0v) is 12.9. The first-order valence-corrected chi connectivity index (χ1v) is 8.16. The summed E-state index contributed by atoms with van der Waals surface area (Å²) in [6, 6.07) is 0.00290. The van der Waals surface area contributed by atoms with Crippen LogP contribution in [0.1, 0.15) is 44.6 Å². The summed E-state index contributed by atoms with van der Waals surface area (Å²) in [5.41, 5.74) is 0. The van der Waals surface area contributed by atoms with Gasteiger partial charge in [-0.05, 0) is 25.7 Å². The number of nitrogens with zero attached hydrogens (tertiary/aromatic N) is 4. The highest BCUT2D eigenvalue weighted by Gasteiger charge is 2.49. The maximum atomic E-state index is 13.2. The second kappa shape index (κ2) is 6.49. The van der Waals surface area contributed by atoms with E-state index in [2.05, 4.69) is 10.1 Å². The molecule has 1 aliphatic heterocycles. The van der Waals surface area contributed by atoms with Crippen LogP contribution in [0.25, 0.3) is 0 Å². The maximum Gasteiger partial charge on any atom is 0.392 e. The van der Waals surface area contributed by atoms with Gasteiger partial charge in [-0.1, -0.05) is 12.8 Å². The summed E-state index contributed by atoms with van der Waals surface area (Å²) < 4.78 is 41.4. The molecule has 0 radical (unpaired) electrons. The molecular formula is C15H21F3N4O. The standard InChI is InChI=1S/C15H21F3N4O/c16-15(17,18)13-6-2-1-5-12(13)14(23)21-7-3-4-11(8-21)22-10-19-9-20-22/h9-13H,1-8H2/t11-,12-,13-/m1/s1. The quantitative estimate of drug-likeness (QED) is 0.838. The van der Waals surface area contributed by atoms with Crippen molar-refractivity contribution in [1.82, 2.24) is 19.7 Å². The molecule has 1 amide bonds. The van der Waals surface area contributed by atoms with Gasteiger partial charge in [0.15, 0.2) is 0 Å². The van der Waals surface area contributed by atoms with Gasteiger partial charge in [0.1, 0.15) is 12.7 Å². The molecule has 128 valence electrons. The van der Waals surface area contributed by atoms with Crippen molar-refractivity contribution >= 4 is 5.91 Å². The zero-order valence-electron chi connectivity index (χ0n) is 12.9. The highest BCUT2D eigenvalue weighted by Crippen LogP contribution is 2.42. The molecule has 0 N–H and O–H groups in total. The van der Waals surface area contributed by atoms with Crippen LogP contribution in [-0.2, 0) is 4.79 Å².